The maximum atomic E-state index is 6.04. The van der Waals surface area contributed by atoms with Crippen LogP contribution in [0.5, 0.6) is 11.5 Å². The van der Waals surface area contributed by atoms with Crippen LogP contribution in [0, 0.1) is 0 Å². The lowest BCUT2D eigenvalue weighted by Gasteiger charge is -2.19. The maximum Gasteiger partial charge on any atom is 0.119 e. The average molecular weight is 732 g/mol. The Kier molecular flexibility index (Phi) is 16.8. The Balaban J connectivity index is 0.000000307. The van der Waals surface area contributed by atoms with Crippen LogP contribution in [0.2, 0.25) is 0 Å². The SMILES string of the molecule is BrCc1ccc(Br)cc1.COc1ccc(N(N)Cc2ccc(Br)cc2)cc1.COc1ccc(NN)cc1.Cl. The topological polar surface area (TPSA) is 85.8 Å². The summed E-state index contributed by atoms with van der Waals surface area (Å²) in [4.78, 5) is 0. The van der Waals surface area contributed by atoms with E-state index < -0.39 is 0 Å². The standard InChI is InChI=1S/C14H15BrN2O.C7H6Br2.C7H10N2O.ClH/c1-18-14-8-6-13(7-9-14)17(16)10-11-2-4-12(15)5-3-11;8-5-6-1-3-7(9)4-2-6;1-10-7-4-2-6(9-8)3-5-7;/h2-9H,10,16H2,1H3;1-4H,5H2;2-5,9H,8H2,1H3;1H. The van der Waals surface area contributed by atoms with Gasteiger partial charge in [0.05, 0.1) is 26.5 Å². The van der Waals surface area contributed by atoms with Gasteiger partial charge in [-0.05, 0) is 83.9 Å². The van der Waals surface area contributed by atoms with Crippen LogP contribution in [0.15, 0.2) is 106 Å². The van der Waals surface area contributed by atoms with Crippen molar-refractivity contribution in [3.05, 3.63) is 117 Å². The summed E-state index contributed by atoms with van der Waals surface area (Å²) in [6, 6.07) is 31.4. The van der Waals surface area contributed by atoms with Gasteiger partial charge in [-0.1, -0.05) is 72.1 Å². The fourth-order valence-corrected chi connectivity index (χ4v) is 3.81. The summed E-state index contributed by atoms with van der Waals surface area (Å²) in [6.45, 7) is 0.666. The van der Waals surface area contributed by atoms with Crippen molar-refractivity contribution in [3.8, 4) is 11.5 Å². The van der Waals surface area contributed by atoms with Crippen LogP contribution < -0.4 is 31.6 Å². The third kappa shape index (κ3) is 12.5. The van der Waals surface area contributed by atoms with E-state index in [0.717, 1.165) is 42.7 Å². The maximum absolute atomic E-state index is 6.04. The van der Waals surface area contributed by atoms with Crippen molar-refractivity contribution in [3.63, 3.8) is 0 Å². The molecule has 4 rings (SSSR count). The molecule has 0 aliphatic heterocycles. The van der Waals surface area contributed by atoms with Gasteiger partial charge in [-0.15, -0.1) is 12.4 Å². The van der Waals surface area contributed by atoms with E-state index in [1.54, 1.807) is 19.2 Å². The largest absolute Gasteiger partial charge is 0.497 e. The molecule has 0 spiro atoms. The highest BCUT2D eigenvalue weighted by atomic mass is 79.9. The van der Waals surface area contributed by atoms with Crippen molar-refractivity contribution >= 4 is 71.6 Å². The molecule has 38 heavy (non-hydrogen) atoms. The minimum Gasteiger partial charge on any atom is -0.497 e. The molecule has 0 heterocycles. The summed E-state index contributed by atoms with van der Waals surface area (Å²) in [5.41, 5.74) is 6.82. The van der Waals surface area contributed by atoms with Crippen molar-refractivity contribution in [1.82, 2.24) is 0 Å². The average Bonchev–Trinajstić information content (AvgIpc) is 2.95. The number of nitrogens with one attached hydrogen (secondary N) is 1. The van der Waals surface area contributed by atoms with E-state index in [2.05, 4.69) is 65.3 Å². The van der Waals surface area contributed by atoms with Gasteiger partial charge in [0.1, 0.15) is 11.5 Å². The van der Waals surface area contributed by atoms with Gasteiger partial charge in [0, 0.05) is 20.0 Å². The van der Waals surface area contributed by atoms with Gasteiger partial charge < -0.3 is 19.9 Å². The molecule has 0 aliphatic carbocycles. The van der Waals surface area contributed by atoms with Crippen LogP contribution in [0.25, 0.3) is 0 Å². The van der Waals surface area contributed by atoms with E-state index in [9.17, 15) is 0 Å². The summed E-state index contributed by atoms with van der Waals surface area (Å²) in [5.74, 6) is 12.8. The molecule has 0 fully saturated rings. The zero-order chi connectivity index (χ0) is 27.0. The molecule has 5 N–H and O–H groups in total. The number of methoxy groups -OCH3 is 2. The molecule has 0 saturated heterocycles. The molecule has 0 radical (unpaired) electrons. The number of nitrogen functional groups attached to an aromatic ring is 1. The molecule has 4 aromatic rings. The van der Waals surface area contributed by atoms with Gasteiger partial charge in [-0.3, -0.25) is 5.84 Å². The van der Waals surface area contributed by atoms with Gasteiger partial charge in [0.15, 0.2) is 0 Å². The van der Waals surface area contributed by atoms with Crippen LogP contribution >= 0.6 is 60.2 Å². The first-order valence-electron chi connectivity index (χ1n) is 11.2. The molecule has 0 saturated carbocycles. The molecule has 4 aromatic carbocycles. The number of benzene rings is 4. The Morgan fingerprint density at radius 3 is 1.50 bits per heavy atom. The molecule has 0 aliphatic rings. The number of ether oxygens (including phenoxy) is 2. The van der Waals surface area contributed by atoms with Gasteiger partial charge in [-0.25, -0.2) is 5.84 Å². The molecule has 10 heteroatoms. The van der Waals surface area contributed by atoms with E-state index in [-0.39, 0.29) is 12.4 Å². The van der Waals surface area contributed by atoms with E-state index in [4.69, 9.17) is 21.2 Å². The Bertz CT molecular complexity index is 1140. The van der Waals surface area contributed by atoms with Crippen molar-refractivity contribution < 1.29 is 9.47 Å². The quantitative estimate of drug-likeness (QED) is 0.101. The monoisotopic (exact) mass is 728 g/mol. The summed E-state index contributed by atoms with van der Waals surface area (Å²) in [6.07, 6.45) is 0. The highest BCUT2D eigenvalue weighted by Gasteiger charge is 2.03. The van der Waals surface area contributed by atoms with Gasteiger partial charge in [0.25, 0.3) is 0 Å². The number of rotatable bonds is 7. The number of hydrazine groups is 2. The lowest BCUT2D eigenvalue weighted by atomic mass is 10.2. The highest BCUT2D eigenvalue weighted by Crippen LogP contribution is 2.19. The Labute approximate surface area is 256 Å². The number of alkyl halides is 1. The molecule has 6 nitrogen and oxygen atoms in total. The van der Waals surface area contributed by atoms with Gasteiger partial charge in [0.2, 0.25) is 0 Å². The lowest BCUT2D eigenvalue weighted by Crippen LogP contribution is -2.29. The molecule has 0 unspecified atom stereocenters. The van der Waals surface area contributed by atoms with Gasteiger partial charge >= 0.3 is 0 Å². The number of nitrogens with two attached hydrogens (primary N) is 2. The van der Waals surface area contributed by atoms with E-state index in [1.807, 2.05) is 84.9 Å². The first-order valence-corrected chi connectivity index (χ1v) is 13.9. The molecule has 0 atom stereocenters. The molecular weight excluding hydrogens is 699 g/mol. The predicted octanol–water partition coefficient (Wildman–Crippen LogP) is 8.08. The minimum atomic E-state index is 0. The van der Waals surface area contributed by atoms with Crippen molar-refractivity contribution in [2.45, 2.75) is 11.9 Å². The van der Waals surface area contributed by atoms with E-state index in [0.29, 0.717) is 6.54 Å². The molecule has 0 bridgehead atoms. The zero-order valence-electron chi connectivity index (χ0n) is 21.1. The number of halogens is 4. The first-order chi connectivity index (χ1) is 17.9. The Morgan fingerprint density at radius 1 is 0.684 bits per heavy atom. The van der Waals surface area contributed by atoms with Crippen LogP contribution in [-0.2, 0) is 11.9 Å². The number of anilines is 2. The third-order valence-electron chi connectivity index (χ3n) is 4.99. The fraction of sp³-hybridized carbons (Fsp3) is 0.143. The minimum absolute atomic E-state index is 0. The van der Waals surface area contributed by atoms with E-state index >= 15 is 0 Å². The second-order valence-electron chi connectivity index (χ2n) is 7.59. The summed E-state index contributed by atoms with van der Waals surface area (Å²) in [5, 5.41) is 2.64. The third-order valence-corrected chi connectivity index (χ3v) is 6.70. The molecule has 204 valence electrons. The fourth-order valence-electron chi connectivity index (χ4n) is 2.91. The van der Waals surface area contributed by atoms with Crippen molar-refractivity contribution in [2.75, 3.05) is 24.7 Å². The molecular formula is C28H32Br3ClN4O2. The lowest BCUT2D eigenvalue weighted by molar-refractivity contribution is 0.414. The number of hydrogen-bond donors (Lipinski definition) is 3. The first kappa shape index (κ1) is 33.8. The summed E-state index contributed by atoms with van der Waals surface area (Å²) < 4.78 is 12.3. The van der Waals surface area contributed by atoms with Crippen LogP contribution in [0.1, 0.15) is 11.1 Å². The number of hydrogen-bond acceptors (Lipinski definition) is 6. The number of nitrogens with zero attached hydrogens (tertiary/aromatic N) is 1. The van der Waals surface area contributed by atoms with Crippen LogP contribution in [0.3, 0.4) is 0 Å². The second-order valence-corrected chi connectivity index (χ2v) is 9.98. The van der Waals surface area contributed by atoms with Crippen molar-refractivity contribution in [1.29, 1.82) is 0 Å². The highest BCUT2D eigenvalue weighted by molar-refractivity contribution is 9.10. The van der Waals surface area contributed by atoms with Crippen molar-refractivity contribution in [2.24, 2.45) is 11.7 Å². The smallest absolute Gasteiger partial charge is 0.119 e. The normalized spacial score (nSPS) is 9.45. The van der Waals surface area contributed by atoms with E-state index in [1.165, 1.54) is 5.56 Å². The predicted molar refractivity (Wildman–Crippen MR) is 172 cm³/mol. The van der Waals surface area contributed by atoms with Crippen LogP contribution in [-0.4, -0.2) is 14.2 Å². The van der Waals surface area contributed by atoms with Crippen LogP contribution in [0.4, 0.5) is 11.4 Å². The Morgan fingerprint density at radius 2 is 1.11 bits per heavy atom. The summed E-state index contributed by atoms with van der Waals surface area (Å²) >= 11 is 10.1. The van der Waals surface area contributed by atoms with Gasteiger partial charge in [-0.2, -0.15) is 0 Å². The zero-order valence-corrected chi connectivity index (χ0v) is 26.7. The molecule has 0 amide bonds. The second kappa shape index (κ2) is 18.9. The Hall–Kier alpha value is -2.27. The molecule has 0 aromatic heterocycles. The summed E-state index contributed by atoms with van der Waals surface area (Å²) in [7, 11) is 3.28.